The fourth-order valence-corrected chi connectivity index (χ4v) is 1.86. The number of pyridine rings is 1. The zero-order valence-electron chi connectivity index (χ0n) is 10.2. The van der Waals surface area contributed by atoms with E-state index >= 15 is 0 Å². The van der Waals surface area contributed by atoms with E-state index in [4.69, 9.17) is 16.3 Å². The quantitative estimate of drug-likeness (QED) is 0.769. The van der Waals surface area contributed by atoms with E-state index in [0.29, 0.717) is 11.3 Å². The second kappa shape index (κ2) is 5.36. The SMILES string of the molecule is Cc1ccc(Oc2nccc(CCl)c2F)c(C)c1. The van der Waals surface area contributed by atoms with E-state index in [9.17, 15) is 4.39 Å². The summed E-state index contributed by atoms with van der Waals surface area (Å²) in [6.45, 7) is 3.90. The molecule has 2 aromatic rings. The van der Waals surface area contributed by atoms with Crippen LogP contribution in [0.1, 0.15) is 16.7 Å². The maximum atomic E-state index is 13.9. The van der Waals surface area contributed by atoms with Crippen LogP contribution in [0.3, 0.4) is 0 Å². The van der Waals surface area contributed by atoms with E-state index in [0.717, 1.165) is 11.1 Å². The van der Waals surface area contributed by atoms with Crippen molar-refractivity contribution in [2.24, 2.45) is 0 Å². The van der Waals surface area contributed by atoms with Crippen molar-refractivity contribution in [3.63, 3.8) is 0 Å². The molecule has 0 saturated heterocycles. The van der Waals surface area contributed by atoms with Crippen molar-refractivity contribution in [2.45, 2.75) is 19.7 Å². The first-order valence-electron chi connectivity index (χ1n) is 5.56. The number of rotatable bonds is 3. The molecular weight excluding hydrogens is 253 g/mol. The summed E-state index contributed by atoms with van der Waals surface area (Å²) in [6.07, 6.45) is 1.49. The molecule has 2 rings (SSSR count). The van der Waals surface area contributed by atoms with Crippen LogP contribution >= 0.6 is 11.6 Å². The molecule has 0 atom stereocenters. The predicted octanol–water partition coefficient (Wildman–Crippen LogP) is 4.37. The molecule has 0 amide bonds. The first kappa shape index (κ1) is 12.8. The van der Waals surface area contributed by atoms with Crippen LogP contribution < -0.4 is 4.74 Å². The number of alkyl halides is 1. The molecular formula is C14H13ClFNO. The number of aryl methyl sites for hydroxylation is 2. The first-order chi connectivity index (χ1) is 8.61. The highest BCUT2D eigenvalue weighted by atomic mass is 35.5. The van der Waals surface area contributed by atoms with Gasteiger partial charge in [-0.05, 0) is 31.5 Å². The highest BCUT2D eigenvalue weighted by molar-refractivity contribution is 6.17. The van der Waals surface area contributed by atoms with Gasteiger partial charge in [-0.2, -0.15) is 0 Å². The molecule has 1 aromatic heterocycles. The lowest BCUT2D eigenvalue weighted by molar-refractivity contribution is 0.417. The number of halogens is 2. The van der Waals surface area contributed by atoms with Gasteiger partial charge in [-0.3, -0.25) is 0 Å². The number of nitrogens with zero attached hydrogens (tertiary/aromatic N) is 1. The fourth-order valence-electron chi connectivity index (χ4n) is 1.65. The third-order valence-electron chi connectivity index (χ3n) is 2.62. The van der Waals surface area contributed by atoms with Gasteiger partial charge in [0.05, 0.1) is 5.88 Å². The molecule has 0 fully saturated rings. The molecule has 0 unspecified atom stereocenters. The van der Waals surface area contributed by atoms with Crippen molar-refractivity contribution >= 4 is 11.6 Å². The summed E-state index contributed by atoms with van der Waals surface area (Å²) < 4.78 is 19.4. The lowest BCUT2D eigenvalue weighted by Crippen LogP contribution is -1.97. The Hall–Kier alpha value is -1.61. The Morgan fingerprint density at radius 2 is 2.06 bits per heavy atom. The number of benzene rings is 1. The highest BCUT2D eigenvalue weighted by Crippen LogP contribution is 2.27. The summed E-state index contributed by atoms with van der Waals surface area (Å²) in [5, 5.41) is 0. The third kappa shape index (κ3) is 2.62. The predicted molar refractivity (Wildman–Crippen MR) is 69.7 cm³/mol. The van der Waals surface area contributed by atoms with Crippen molar-refractivity contribution in [2.75, 3.05) is 0 Å². The molecule has 4 heteroatoms. The van der Waals surface area contributed by atoms with Crippen LogP contribution in [-0.2, 0) is 5.88 Å². The molecule has 1 aromatic carbocycles. The van der Waals surface area contributed by atoms with Gasteiger partial charge in [0.2, 0.25) is 0 Å². The third-order valence-corrected chi connectivity index (χ3v) is 2.91. The summed E-state index contributed by atoms with van der Waals surface area (Å²) in [6, 6.07) is 7.22. The van der Waals surface area contributed by atoms with Crippen LogP contribution in [0.25, 0.3) is 0 Å². The van der Waals surface area contributed by atoms with Gasteiger partial charge in [-0.15, -0.1) is 11.6 Å². The molecule has 0 bridgehead atoms. The van der Waals surface area contributed by atoms with Crippen molar-refractivity contribution in [3.8, 4) is 11.6 Å². The molecule has 18 heavy (non-hydrogen) atoms. The minimum Gasteiger partial charge on any atom is -0.436 e. The average molecular weight is 266 g/mol. The van der Waals surface area contributed by atoms with Gasteiger partial charge in [-0.25, -0.2) is 9.37 Å². The van der Waals surface area contributed by atoms with Gasteiger partial charge in [-0.1, -0.05) is 17.7 Å². The van der Waals surface area contributed by atoms with Gasteiger partial charge in [0.1, 0.15) is 5.75 Å². The number of ether oxygens (including phenoxy) is 1. The Balaban J connectivity index is 2.34. The molecule has 94 valence electrons. The lowest BCUT2D eigenvalue weighted by atomic mass is 10.1. The largest absolute Gasteiger partial charge is 0.436 e. The summed E-state index contributed by atoms with van der Waals surface area (Å²) in [5.74, 6) is 0.142. The van der Waals surface area contributed by atoms with Gasteiger partial charge < -0.3 is 4.74 Å². The lowest BCUT2D eigenvalue weighted by Gasteiger charge is -2.10. The van der Waals surface area contributed by atoms with Crippen LogP contribution in [0.5, 0.6) is 11.6 Å². The van der Waals surface area contributed by atoms with Crippen molar-refractivity contribution < 1.29 is 9.13 Å². The molecule has 0 aliphatic heterocycles. The zero-order chi connectivity index (χ0) is 13.1. The summed E-state index contributed by atoms with van der Waals surface area (Å²) in [5.41, 5.74) is 2.45. The first-order valence-corrected chi connectivity index (χ1v) is 6.09. The molecule has 1 heterocycles. The number of hydrogen-bond donors (Lipinski definition) is 0. The Labute approximate surface area is 110 Å². The van der Waals surface area contributed by atoms with E-state index in [2.05, 4.69) is 4.98 Å². The molecule has 2 nitrogen and oxygen atoms in total. The average Bonchev–Trinajstić information content (AvgIpc) is 2.35. The minimum absolute atomic E-state index is 0.0416. The molecule has 0 aliphatic carbocycles. The molecule has 0 N–H and O–H groups in total. The van der Waals surface area contributed by atoms with Crippen LogP contribution in [0.2, 0.25) is 0 Å². The molecule has 0 aliphatic rings. The Morgan fingerprint density at radius 3 is 2.72 bits per heavy atom. The second-order valence-corrected chi connectivity index (χ2v) is 4.36. The van der Waals surface area contributed by atoms with Crippen LogP contribution in [0.15, 0.2) is 30.5 Å². The van der Waals surface area contributed by atoms with Crippen LogP contribution in [0.4, 0.5) is 4.39 Å². The summed E-state index contributed by atoms with van der Waals surface area (Å²) in [4.78, 5) is 3.89. The normalized spacial score (nSPS) is 10.4. The monoisotopic (exact) mass is 265 g/mol. The highest BCUT2D eigenvalue weighted by Gasteiger charge is 2.12. The van der Waals surface area contributed by atoms with E-state index < -0.39 is 5.82 Å². The Morgan fingerprint density at radius 1 is 1.28 bits per heavy atom. The maximum Gasteiger partial charge on any atom is 0.256 e. The Bertz CT molecular complexity index is 572. The van der Waals surface area contributed by atoms with Crippen LogP contribution in [-0.4, -0.2) is 4.98 Å². The topological polar surface area (TPSA) is 22.1 Å². The zero-order valence-corrected chi connectivity index (χ0v) is 11.0. The fraction of sp³-hybridized carbons (Fsp3) is 0.214. The number of hydrogen-bond acceptors (Lipinski definition) is 2. The van der Waals surface area contributed by atoms with Crippen LogP contribution in [0, 0.1) is 19.7 Å². The summed E-state index contributed by atoms with van der Waals surface area (Å²) >= 11 is 5.64. The van der Waals surface area contributed by atoms with Gasteiger partial charge in [0.15, 0.2) is 5.82 Å². The van der Waals surface area contributed by atoms with Crippen molar-refractivity contribution in [1.82, 2.24) is 4.98 Å². The van der Waals surface area contributed by atoms with Gasteiger partial charge in [0.25, 0.3) is 5.88 Å². The van der Waals surface area contributed by atoms with Crippen molar-refractivity contribution in [3.05, 3.63) is 53.0 Å². The van der Waals surface area contributed by atoms with Gasteiger partial charge in [0, 0.05) is 11.8 Å². The minimum atomic E-state index is -0.507. The standard InChI is InChI=1S/C14H13ClFNO/c1-9-3-4-12(10(2)7-9)18-14-13(16)11(8-15)5-6-17-14/h3-7H,8H2,1-2H3. The van der Waals surface area contributed by atoms with Gasteiger partial charge >= 0.3 is 0 Å². The van der Waals surface area contributed by atoms with E-state index in [1.165, 1.54) is 12.3 Å². The second-order valence-electron chi connectivity index (χ2n) is 4.09. The molecule has 0 saturated carbocycles. The Kier molecular flexibility index (Phi) is 3.82. The maximum absolute atomic E-state index is 13.9. The van der Waals surface area contributed by atoms with E-state index in [1.54, 1.807) is 6.07 Å². The smallest absolute Gasteiger partial charge is 0.256 e. The van der Waals surface area contributed by atoms with E-state index in [-0.39, 0.29) is 11.8 Å². The summed E-state index contributed by atoms with van der Waals surface area (Å²) in [7, 11) is 0. The molecule has 0 radical (unpaired) electrons. The molecule has 0 spiro atoms. The van der Waals surface area contributed by atoms with E-state index in [1.807, 2.05) is 26.0 Å². The van der Waals surface area contributed by atoms with Crippen molar-refractivity contribution in [1.29, 1.82) is 0 Å². The number of aromatic nitrogens is 1.